The molecule has 4 nitrogen and oxygen atoms in total. The van der Waals surface area contributed by atoms with Crippen molar-refractivity contribution in [3.63, 3.8) is 0 Å². The molecule has 2 aromatic carbocycles. The third kappa shape index (κ3) is 6.26. The van der Waals surface area contributed by atoms with Gasteiger partial charge in [0.15, 0.2) is 0 Å². The Hall–Kier alpha value is -2.88. The van der Waals surface area contributed by atoms with Crippen LogP contribution in [0, 0.1) is 6.92 Å². The van der Waals surface area contributed by atoms with E-state index in [0.717, 1.165) is 11.1 Å². The van der Waals surface area contributed by atoms with Crippen LogP contribution in [0.25, 0.3) is 0 Å². The smallest absolute Gasteiger partial charge is 0.251 e. The maximum absolute atomic E-state index is 11.9. The van der Waals surface area contributed by atoms with Gasteiger partial charge >= 0.3 is 0 Å². The lowest BCUT2D eigenvalue weighted by molar-refractivity contribution is -0.117. The molecule has 25 heavy (non-hydrogen) atoms. The molecule has 0 aliphatic carbocycles. The number of para-hydroxylation sites is 1. The molecule has 0 fully saturated rings. The number of anilines is 1. The fraction of sp³-hybridized carbons (Fsp3) is 0.238. The Labute approximate surface area is 148 Å². The number of nitrogens with one attached hydrogen (secondary N) is 1. The zero-order valence-corrected chi connectivity index (χ0v) is 14.5. The quantitative estimate of drug-likeness (QED) is 0.440. The van der Waals surface area contributed by atoms with Gasteiger partial charge < -0.3 is 11.1 Å². The Kier molecular flexibility index (Phi) is 6.96. The number of benzene rings is 2. The molecule has 0 unspecified atom stereocenters. The number of carbonyl (C=O) groups excluding carboxylic acids is 2. The second-order valence-corrected chi connectivity index (χ2v) is 6.00. The predicted molar refractivity (Wildman–Crippen MR) is 101 cm³/mol. The third-order valence-electron chi connectivity index (χ3n) is 3.87. The first-order chi connectivity index (χ1) is 12.1. The molecule has 0 aliphatic rings. The summed E-state index contributed by atoms with van der Waals surface area (Å²) in [5.41, 5.74) is 9.14. The van der Waals surface area contributed by atoms with E-state index in [0.29, 0.717) is 37.1 Å². The zero-order chi connectivity index (χ0) is 18.1. The number of rotatable bonds is 8. The molecule has 0 bridgehead atoms. The monoisotopic (exact) mass is 336 g/mol. The van der Waals surface area contributed by atoms with Crippen LogP contribution in [-0.2, 0) is 11.2 Å². The van der Waals surface area contributed by atoms with E-state index in [9.17, 15) is 9.59 Å². The summed E-state index contributed by atoms with van der Waals surface area (Å²) < 4.78 is 0. The average molecular weight is 336 g/mol. The Morgan fingerprint density at radius 1 is 1.04 bits per heavy atom. The minimum absolute atomic E-state index is 0.0796. The van der Waals surface area contributed by atoms with Crippen LogP contribution in [-0.4, -0.2) is 18.2 Å². The summed E-state index contributed by atoms with van der Waals surface area (Å²) in [6.45, 7) is 2.53. The second-order valence-electron chi connectivity index (χ2n) is 6.00. The van der Waals surface area contributed by atoms with Gasteiger partial charge in [0.1, 0.15) is 5.78 Å². The Morgan fingerprint density at radius 3 is 2.48 bits per heavy atom. The molecule has 1 amide bonds. The van der Waals surface area contributed by atoms with E-state index >= 15 is 0 Å². The van der Waals surface area contributed by atoms with Crippen molar-refractivity contribution in [1.29, 1.82) is 0 Å². The molecular formula is C21H24N2O2. The fourth-order valence-corrected chi connectivity index (χ4v) is 2.39. The SMILES string of the molecule is Cc1ccc(C(=O)NCC/C=C/CC(=O)Cc2ccccc2N)cc1. The summed E-state index contributed by atoms with van der Waals surface area (Å²) in [6.07, 6.45) is 5.18. The highest BCUT2D eigenvalue weighted by molar-refractivity contribution is 5.94. The summed E-state index contributed by atoms with van der Waals surface area (Å²) in [6, 6.07) is 14.9. The number of hydrogen-bond donors (Lipinski definition) is 2. The van der Waals surface area contributed by atoms with Gasteiger partial charge in [-0.1, -0.05) is 48.0 Å². The summed E-state index contributed by atoms with van der Waals surface area (Å²) in [4.78, 5) is 23.9. The van der Waals surface area contributed by atoms with Gasteiger partial charge in [0.05, 0.1) is 0 Å². The number of ketones is 1. The summed E-state index contributed by atoms with van der Waals surface area (Å²) >= 11 is 0. The van der Waals surface area contributed by atoms with Crippen LogP contribution in [0.4, 0.5) is 5.69 Å². The highest BCUT2D eigenvalue weighted by Crippen LogP contribution is 2.12. The molecule has 0 atom stereocenters. The standard InChI is InChI=1S/C21H24N2O2/c1-16-10-12-17(13-11-16)21(25)23-14-6-2-3-8-19(24)15-18-7-4-5-9-20(18)22/h2-5,7,9-13H,6,8,14-15,22H2,1H3,(H,23,25)/b3-2+. The first kappa shape index (κ1) is 18.5. The molecule has 3 N–H and O–H groups in total. The number of allylic oxidation sites excluding steroid dienone is 1. The number of aryl methyl sites for hydroxylation is 1. The molecule has 0 saturated carbocycles. The highest BCUT2D eigenvalue weighted by atomic mass is 16.1. The minimum Gasteiger partial charge on any atom is -0.398 e. The highest BCUT2D eigenvalue weighted by Gasteiger charge is 2.05. The van der Waals surface area contributed by atoms with E-state index in [1.165, 1.54) is 0 Å². The third-order valence-corrected chi connectivity index (χ3v) is 3.87. The summed E-state index contributed by atoms with van der Waals surface area (Å²) in [7, 11) is 0. The van der Waals surface area contributed by atoms with Gasteiger partial charge in [0, 0.05) is 30.6 Å². The zero-order valence-electron chi connectivity index (χ0n) is 14.5. The lowest BCUT2D eigenvalue weighted by atomic mass is 10.1. The van der Waals surface area contributed by atoms with Crippen molar-refractivity contribution in [2.75, 3.05) is 12.3 Å². The Balaban J connectivity index is 1.66. The normalized spacial score (nSPS) is 10.8. The van der Waals surface area contributed by atoms with Crippen LogP contribution < -0.4 is 11.1 Å². The van der Waals surface area contributed by atoms with Gasteiger partial charge in [-0.2, -0.15) is 0 Å². The number of amides is 1. The second kappa shape index (κ2) is 9.42. The van der Waals surface area contributed by atoms with E-state index in [-0.39, 0.29) is 11.7 Å². The summed E-state index contributed by atoms with van der Waals surface area (Å²) in [5, 5.41) is 2.86. The van der Waals surface area contributed by atoms with Gasteiger partial charge in [-0.25, -0.2) is 0 Å². The Bertz CT molecular complexity index is 749. The molecule has 0 spiro atoms. The molecule has 0 saturated heterocycles. The van der Waals surface area contributed by atoms with Crippen LogP contribution in [0.15, 0.2) is 60.7 Å². The van der Waals surface area contributed by atoms with Crippen molar-refractivity contribution < 1.29 is 9.59 Å². The first-order valence-electron chi connectivity index (χ1n) is 8.41. The average Bonchev–Trinajstić information content (AvgIpc) is 2.60. The van der Waals surface area contributed by atoms with Crippen LogP contribution in [0.1, 0.15) is 34.3 Å². The number of carbonyl (C=O) groups is 2. The fourth-order valence-electron chi connectivity index (χ4n) is 2.39. The van der Waals surface area contributed by atoms with Gasteiger partial charge in [0.2, 0.25) is 0 Å². The van der Waals surface area contributed by atoms with Gasteiger partial charge in [0.25, 0.3) is 5.91 Å². The van der Waals surface area contributed by atoms with Gasteiger partial charge in [-0.15, -0.1) is 0 Å². The van der Waals surface area contributed by atoms with Crippen molar-refractivity contribution in [2.45, 2.75) is 26.2 Å². The number of Topliss-reactive ketones (excluding diaryl/α,β-unsaturated/α-hetero) is 1. The van der Waals surface area contributed by atoms with E-state index in [4.69, 9.17) is 5.73 Å². The largest absolute Gasteiger partial charge is 0.398 e. The van der Waals surface area contributed by atoms with Gasteiger partial charge in [-0.3, -0.25) is 9.59 Å². The van der Waals surface area contributed by atoms with E-state index < -0.39 is 0 Å². The molecule has 0 heterocycles. The molecule has 2 aromatic rings. The first-order valence-corrected chi connectivity index (χ1v) is 8.41. The van der Waals surface area contributed by atoms with Crippen molar-refractivity contribution in [3.8, 4) is 0 Å². The van der Waals surface area contributed by atoms with Gasteiger partial charge in [-0.05, 0) is 37.1 Å². The molecule has 130 valence electrons. The Morgan fingerprint density at radius 2 is 1.76 bits per heavy atom. The van der Waals surface area contributed by atoms with Crippen molar-refractivity contribution in [2.24, 2.45) is 0 Å². The van der Waals surface area contributed by atoms with Crippen LogP contribution in [0.2, 0.25) is 0 Å². The topological polar surface area (TPSA) is 72.2 Å². The van der Waals surface area contributed by atoms with Crippen LogP contribution in [0.5, 0.6) is 0 Å². The van der Waals surface area contributed by atoms with Crippen LogP contribution >= 0.6 is 0 Å². The van der Waals surface area contributed by atoms with E-state index in [2.05, 4.69) is 5.32 Å². The van der Waals surface area contributed by atoms with E-state index in [1.54, 1.807) is 6.07 Å². The minimum atomic E-state index is -0.0796. The van der Waals surface area contributed by atoms with E-state index in [1.807, 2.05) is 61.5 Å². The van der Waals surface area contributed by atoms with Crippen LogP contribution in [0.3, 0.4) is 0 Å². The molecule has 0 aliphatic heterocycles. The predicted octanol–water partition coefficient (Wildman–Crippen LogP) is 3.46. The molecule has 0 radical (unpaired) electrons. The lowest BCUT2D eigenvalue weighted by Crippen LogP contribution is -2.24. The number of nitrogen functional groups attached to an aromatic ring is 1. The van der Waals surface area contributed by atoms with Crippen molar-refractivity contribution in [3.05, 3.63) is 77.4 Å². The summed E-state index contributed by atoms with van der Waals surface area (Å²) in [5.74, 6) is 0.0434. The maximum atomic E-state index is 11.9. The number of nitrogens with two attached hydrogens (primary N) is 1. The molecule has 0 aromatic heterocycles. The van der Waals surface area contributed by atoms with Crippen molar-refractivity contribution >= 4 is 17.4 Å². The number of hydrogen-bond acceptors (Lipinski definition) is 3. The van der Waals surface area contributed by atoms with Crippen molar-refractivity contribution in [1.82, 2.24) is 5.32 Å². The molecule has 4 heteroatoms. The lowest BCUT2D eigenvalue weighted by Gasteiger charge is -2.04. The maximum Gasteiger partial charge on any atom is 0.251 e. The molecule has 2 rings (SSSR count). The molecular weight excluding hydrogens is 312 g/mol.